The first-order chi connectivity index (χ1) is 11.7. The van der Waals surface area contributed by atoms with Gasteiger partial charge in [-0.05, 0) is 24.5 Å². The summed E-state index contributed by atoms with van der Waals surface area (Å²) in [6.07, 6.45) is 0.256. The van der Waals surface area contributed by atoms with Crippen LogP contribution >= 0.6 is 0 Å². The normalized spacial score (nSPS) is 12.3. The molecule has 134 valence electrons. The quantitative estimate of drug-likeness (QED) is 0.782. The van der Waals surface area contributed by atoms with Gasteiger partial charge in [-0.3, -0.25) is 18.7 Å². The molecule has 0 unspecified atom stereocenters. The van der Waals surface area contributed by atoms with E-state index >= 15 is 0 Å². The summed E-state index contributed by atoms with van der Waals surface area (Å²) in [5, 5.41) is 11.9. The van der Waals surface area contributed by atoms with Crippen molar-refractivity contribution in [3.63, 3.8) is 0 Å². The molecule has 0 aliphatic rings. The number of hydrogen-bond donors (Lipinski definition) is 2. The summed E-state index contributed by atoms with van der Waals surface area (Å²) in [4.78, 5) is 48.3. The molecular weight excluding hydrogens is 326 g/mol. The molecule has 2 N–H and O–H groups in total. The van der Waals surface area contributed by atoms with Gasteiger partial charge in [-0.2, -0.15) is 0 Å². The number of carboxylic acid groups (broad SMARTS) is 1. The van der Waals surface area contributed by atoms with Crippen LogP contribution in [0.15, 0.2) is 33.9 Å². The van der Waals surface area contributed by atoms with E-state index in [-0.39, 0.29) is 12.3 Å². The van der Waals surface area contributed by atoms with Crippen molar-refractivity contribution in [1.82, 2.24) is 14.5 Å². The van der Waals surface area contributed by atoms with Crippen LogP contribution in [0, 0.1) is 5.92 Å². The van der Waals surface area contributed by atoms with E-state index in [1.165, 1.54) is 11.6 Å². The maximum absolute atomic E-state index is 12.5. The number of rotatable bonds is 6. The lowest BCUT2D eigenvalue weighted by molar-refractivity contribution is -0.142. The molecule has 0 fully saturated rings. The zero-order valence-electron chi connectivity index (χ0n) is 14.4. The average molecular weight is 347 g/mol. The van der Waals surface area contributed by atoms with Gasteiger partial charge in [-0.1, -0.05) is 26.0 Å². The van der Waals surface area contributed by atoms with Gasteiger partial charge in [0.05, 0.1) is 10.9 Å². The monoisotopic (exact) mass is 347 g/mol. The number of aryl methyl sites for hydroxylation is 1. The molecule has 0 saturated carbocycles. The van der Waals surface area contributed by atoms with Crippen molar-refractivity contribution in [2.24, 2.45) is 13.0 Å². The SMILES string of the molecule is CC(C)C[C@H](NC(=O)Cn1c(=O)c2ccccc2n(C)c1=O)C(=O)O. The zero-order chi connectivity index (χ0) is 18.7. The second-order valence-corrected chi connectivity index (χ2v) is 6.34. The van der Waals surface area contributed by atoms with Crippen molar-refractivity contribution < 1.29 is 14.7 Å². The summed E-state index contributed by atoms with van der Waals surface area (Å²) in [5.74, 6) is -1.78. The molecule has 2 rings (SSSR count). The number of nitrogens with zero attached hydrogens (tertiary/aromatic N) is 2. The average Bonchev–Trinajstić information content (AvgIpc) is 2.55. The Kier molecular flexibility index (Phi) is 5.41. The van der Waals surface area contributed by atoms with Crippen LogP contribution in [0.3, 0.4) is 0 Å². The van der Waals surface area contributed by atoms with Gasteiger partial charge in [-0.25, -0.2) is 9.59 Å². The molecule has 0 radical (unpaired) electrons. The Bertz CT molecular complexity index is 926. The molecule has 0 saturated heterocycles. The summed E-state index contributed by atoms with van der Waals surface area (Å²) >= 11 is 0. The molecule has 1 heterocycles. The number of carboxylic acids is 1. The second-order valence-electron chi connectivity index (χ2n) is 6.34. The van der Waals surface area contributed by atoms with E-state index < -0.39 is 35.7 Å². The van der Waals surface area contributed by atoms with Crippen molar-refractivity contribution in [2.45, 2.75) is 32.9 Å². The summed E-state index contributed by atoms with van der Waals surface area (Å²) < 4.78 is 2.10. The van der Waals surface area contributed by atoms with E-state index in [1.54, 1.807) is 24.3 Å². The van der Waals surface area contributed by atoms with Crippen LogP contribution in [0.1, 0.15) is 20.3 Å². The Morgan fingerprint density at radius 3 is 2.44 bits per heavy atom. The van der Waals surface area contributed by atoms with E-state index in [2.05, 4.69) is 5.32 Å². The Morgan fingerprint density at radius 1 is 1.20 bits per heavy atom. The predicted molar refractivity (Wildman–Crippen MR) is 92.5 cm³/mol. The van der Waals surface area contributed by atoms with Crippen LogP contribution in [-0.4, -0.2) is 32.2 Å². The lowest BCUT2D eigenvalue weighted by Gasteiger charge is -2.17. The lowest BCUT2D eigenvalue weighted by atomic mass is 10.0. The molecule has 8 heteroatoms. The highest BCUT2D eigenvalue weighted by atomic mass is 16.4. The van der Waals surface area contributed by atoms with Gasteiger partial charge in [0.1, 0.15) is 12.6 Å². The molecule has 25 heavy (non-hydrogen) atoms. The summed E-state index contributed by atoms with van der Waals surface area (Å²) in [7, 11) is 1.51. The predicted octanol–water partition coefficient (Wildman–Crippen LogP) is 0.316. The highest BCUT2D eigenvalue weighted by Crippen LogP contribution is 2.06. The Balaban J connectivity index is 2.34. The number of nitrogens with one attached hydrogen (secondary N) is 1. The summed E-state index contributed by atoms with van der Waals surface area (Å²) in [6, 6.07) is 5.53. The van der Waals surface area contributed by atoms with Crippen molar-refractivity contribution >= 4 is 22.8 Å². The molecule has 0 bridgehead atoms. The fourth-order valence-electron chi connectivity index (χ4n) is 2.68. The first-order valence-corrected chi connectivity index (χ1v) is 7.93. The van der Waals surface area contributed by atoms with Gasteiger partial charge >= 0.3 is 11.7 Å². The van der Waals surface area contributed by atoms with Crippen LogP contribution in [0.4, 0.5) is 0 Å². The largest absolute Gasteiger partial charge is 0.480 e. The van der Waals surface area contributed by atoms with Gasteiger partial charge in [0, 0.05) is 7.05 Å². The molecule has 0 spiro atoms. The Labute approximate surface area is 143 Å². The third kappa shape index (κ3) is 3.96. The number of carbonyl (C=O) groups excluding carboxylic acids is 1. The molecule has 1 aromatic carbocycles. The molecule has 2 aromatic rings. The summed E-state index contributed by atoms with van der Waals surface area (Å²) in [5.41, 5.74) is -0.739. The number of aliphatic carboxylic acids is 1. The summed E-state index contributed by atoms with van der Waals surface area (Å²) in [6.45, 7) is 3.15. The number of carbonyl (C=O) groups is 2. The highest BCUT2D eigenvalue weighted by Gasteiger charge is 2.22. The minimum absolute atomic E-state index is 0.0673. The van der Waals surface area contributed by atoms with Crippen LogP contribution in [0.5, 0.6) is 0 Å². The minimum Gasteiger partial charge on any atom is -0.480 e. The number of para-hydroxylation sites is 1. The van der Waals surface area contributed by atoms with Gasteiger partial charge in [-0.15, -0.1) is 0 Å². The van der Waals surface area contributed by atoms with Gasteiger partial charge in [0.2, 0.25) is 5.91 Å². The number of benzene rings is 1. The van der Waals surface area contributed by atoms with Crippen molar-refractivity contribution in [2.75, 3.05) is 0 Å². The smallest absolute Gasteiger partial charge is 0.331 e. The first kappa shape index (κ1) is 18.4. The zero-order valence-corrected chi connectivity index (χ0v) is 14.4. The fourth-order valence-corrected chi connectivity index (χ4v) is 2.68. The Hall–Kier alpha value is -2.90. The molecule has 1 aromatic heterocycles. The van der Waals surface area contributed by atoms with E-state index in [1.807, 2.05) is 13.8 Å². The third-order valence-corrected chi connectivity index (χ3v) is 3.90. The molecule has 0 aliphatic heterocycles. The number of hydrogen-bond acceptors (Lipinski definition) is 4. The first-order valence-electron chi connectivity index (χ1n) is 7.93. The maximum Gasteiger partial charge on any atom is 0.331 e. The molecule has 1 atom stereocenters. The maximum atomic E-state index is 12.5. The van der Waals surface area contributed by atoms with Gasteiger partial charge in [0.15, 0.2) is 0 Å². The van der Waals surface area contributed by atoms with Crippen molar-refractivity contribution in [1.29, 1.82) is 0 Å². The topological polar surface area (TPSA) is 110 Å². The van der Waals surface area contributed by atoms with E-state index in [4.69, 9.17) is 0 Å². The highest BCUT2D eigenvalue weighted by molar-refractivity contribution is 5.84. The van der Waals surface area contributed by atoms with E-state index in [9.17, 15) is 24.3 Å². The van der Waals surface area contributed by atoms with E-state index in [0.717, 1.165) is 4.57 Å². The van der Waals surface area contributed by atoms with Crippen LogP contribution in [0.2, 0.25) is 0 Å². The van der Waals surface area contributed by atoms with Crippen molar-refractivity contribution in [3.05, 3.63) is 45.1 Å². The third-order valence-electron chi connectivity index (χ3n) is 3.90. The lowest BCUT2D eigenvalue weighted by Crippen LogP contribution is -2.47. The number of aromatic nitrogens is 2. The van der Waals surface area contributed by atoms with Crippen LogP contribution < -0.4 is 16.6 Å². The molecule has 0 aliphatic carbocycles. The molecular formula is C17H21N3O5. The van der Waals surface area contributed by atoms with Gasteiger partial charge in [0.25, 0.3) is 5.56 Å². The number of fused-ring (bicyclic) bond motifs is 1. The van der Waals surface area contributed by atoms with Crippen LogP contribution in [0.25, 0.3) is 10.9 Å². The fraction of sp³-hybridized carbons (Fsp3) is 0.412. The standard InChI is InChI=1S/C17H21N3O5/c1-10(2)8-12(16(23)24)18-14(21)9-20-15(22)11-6-4-5-7-13(11)19(3)17(20)25/h4-7,10,12H,8-9H2,1-3H3,(H,18,21)(H,23,24)/t12-/m0/s1. The Morgan fingerprint density at radius 2 is 1.84 bits per heavy atom. The second kappa shape index (κ2) is 7.33. The molecule has 1 amide bonds. The van der Waals surface area contributed by atoms with Crippen molar-refractivity contribution in [3.8, 4) is 0 Å². The number of amides is 1. The molecule has 8 nitrogen and oxygen atoms in total. The van der Waals surface area contributed by atoms with Crippen LogP contribution in [-0.2, 0) is 23.2 Å². The van der Waals surface area contributed by atoms with Gasteiger partial charge < -0.3 is 10.4 Å². The van der Waals surface area contributed by atoms with E-state index in [0.29, 0.717) is 10.9 Å². The minimum atomic E-state index is -1.15.